The Morgan fingerprint density at radius 3 is 2.60 bits per heavy atom. The molecule has 0 amide bonds. The first kappa shape index (κ1) is 19.4. The van der Waals surface area contributed by atoms with Gasteiger partial charge in [-0.05, 0) is 30.5 Å². The van der Waals surface area contributed by atoms with Gasteiger partial charge < -0.3 is 10.6 Å². The summed E-state index contributed by atoms with van der Waals surface area (Å²) in [7, 11) is 0. The molecular formula is C14H22ClFIN3. The molecule has 0 saturated heterocycles. The molecule has 1 rings (SSSR count). The zero-order valence-corrected chi connectivity index (χ0v) is 15.1. The van der Waals surface area contributed by atoms with Crippen molar-refractivity contribution in [3.8, 4) is 0 Å². The molecule has 0 unspecified atom stereocenters. The fourth-order valence-corrected chi connectivity index (χ4v) is 1.65. The third kappa shape index (κ3) is 7.28. The maximum Gasteiger partial charge on any atom is 0.191 e. The number of aliphatic imine (C=N–C) groups is 1. The highest BCUT2D eigenvalue weighted by Crippen LogP contribution is 2.16. The summed E-state index contributed by atoms with van der Waals surface area (Å²) < 4.78 is 13.0. The van der Waals surface area contributed by atoms with Crippen molar-refractivity contribution >= 4 is 41.5 Å². The minimum absolute atomic E-state index is 0. The van der Waals surface area contributed by atoms with Gasteiger partial charge in [0.05, 0.1) is 11.6 Å². The number of nitrogens with zero attached hydrogens (tertiary/aromatic N) is 1. The van der Waals surface area contributed by atoms with E-state index in [9.17, 15) is 4.39 Å². The Bertz CT molecular complexity index is 438. The molecule has 0 atom stereocenters. The molecule has 0 saturated carbocycles. The lowest BCUT2D eigenvalue weighted by molar-refractivity contribution is 0.614. The number of hydrogen-bond donors (Lipinski definition) is 2. The van der Waals surface area contributed by atoms with E-state index in [4.69, 9.17) is 11.6 Å². The van der Waals surface area contributed by atoms with Crippen molar-refractivity contribution in [1.82, 2.24) is 10.6 Å². The zero-order chi connectivity index (χ0) is 14.3. The van der Waals surface area contributed by atoms with E-state index < -0.39 is 5.82 Å². The highest BCUT2D eigenvalue weighted by molar-refractivity contribution is 14.0. The number of nitrogens with one attached hydrogen (secondary N) is 2. The van der Waals surface area contributed by atoms with Crippen molar-refractivity contribution in [1.29, 1.82) is 0 Å². The average Bonchev–Trinajstić information content (AvgIpc) is 2.36. The van der Waals surface area contributed by atoms with Crippen molar-refractivity contribution in [3.05, 3.63) is 34.6 Å². The van der Waals surface area contributed by atoms with Crippen LogP contribution in [0.4, 0.5) is 4.39 Å². The van der Waals surface area contributed by atoms with Gasteiger partial charge in [-0.15, -0.1) is 24.0 Å². The molecule has 0 bridgehead atoms. The summed E-state index contributed by atoms with van der Waals surface area (Å²) in [5.41, 5.74) is 0.883. The van der Waals surface area contributed by atoms with E-state index >= 15 is 0 Å². The summed E-state index contributed by atoms with van der Waals surface area (Å²) >= 11 is 5.74. The number of guanidine groups is 1. The molecule has 6 heteroatoms. The number of halogens is 3. The second kappa shape index (κ2) is 10.2. The van der Waals surface area contributed by atoms with Gasteiger partial charge in [0.15, 0.2) is 5.96 Å². The molecule has 0 aliphatic rings. The second-order valence-electron chi connectivity index (χ2n) is 4.72. The lowest BCUT2D eigenvalue weighted by Crippen LogP contribution is -2.39. The van der Waals surface area contributed by atoms with Crippen LogP contribution in [0.2, 0.25) is 5.02 Å². The largest absolute Gasteiger partial charge is 0.357 e. The van der Waals surface area contributed by atoms with Crippen molar-refractivity contribution in [2.45, 2.75) is 27.3 Å². The number of rotatable bonds is 5. The molecule has 0 fully saturated rings. The van der Waals surface area contributed by atoms with Crippen molar-refractivity contribution < 1.29 is 4.39 Å². The number of hydrogen-bond acceptors (Lipinski definition) is 1. The molecule has 20 heavy (non-hydrogen) atoms. The lowest BCUT2D eigenvalue weighted by Gasteiger charge is -2.13. The third-order valence-electron chi connectivity index (χ3n) is 2.43. The Morgan fingerprint density at radius 2 is 2.05 bits per heavy atom. The molecule has 1 aromatic rings. The Hall–Kier alpha value is -0.560. The van der Waals surface area contributed by atoms with Gasteiger partial charge in [0.2, 0.25) is 0 Å². The average molecular weight is 414 g/mol. The normalized spacial score (nSPS) is 11.2. The minimum Gasteiger partial charge on any atom is -0.357 e. The van der Waals surface area contributed by atoms with Gasteiger partial charge in [0.25, 0.3) is 0 Å². The Morgan fingerprint density at radius 1 is 1.35 bits per heavy atom. The summed E-state index contributed by atoms with van der Waals surface area (Å²) in [6.45, 7) is 8.41. The molecule has 1 aromatic carbocycles. The predicted octanol–water partition coefficient (Wildman–Crippen LogP) is 3.81. The third-order valence-corrected chi connectivity index (χ3v) is 2.72. The van der Waals surface area contributed by atoms with E-state index in [1.54, 1.807) is 12.1 Å². The van der Waals surface area contributed by atoms with Crippen LogP contribution in [0.1, 0.15) is 26.3 Å². The molecular weight excluding hydrogens is 392 g/mol. The van der Waals surface area contributed by atoms with E-state index in [1.807, 2.05) is 6.92 Å². The van der Waals surface area contributed by atoms with Gasteiger partial charge in [-0.3, -0.25) is 0 Å². The minimum atomic E-state index is -0.403. The summed E-state index contributed by atoms with van der Waals surface area (Å²) in [5, 5.41) is 6.55. The first-order valence-corrected chi connectivity index (χ1v) is 6.86. The molecule has 0 aliphatic carbocycles. The maximum absolute atomic E-state index is 13.0. The SMILES string of the molecule is CCNC(=NCc1ccc(F)c(Cl)c1)NCC(C)C.I. The van der Waals surface area contributed by atoms with Gasteiger partial charge in [-0.25, -0.2) is 9.38 Å². The monoisotopic (exact) mass is 413 g/mol. The Balaban J connectivity index is 0.00000361. The van der Waals surface area contributed by atoms with Crippen LogP contribution in [0.25, 0.3) is 0 Å². The van der Waals surface area contributed by atoms with Gasteiger partial charge in [0.1, 0.15) is 5.82 Å². The van der Waals surface area contributed by atoms with E-state index in [-0.39, 0.29) is 29.0 Å². The molecule has 0 aromatic heterocycles. The first-order valence-electron chi connectivity index (χ1n) is 6.49. The van der Waals surface area contributed by atoms with Crippen LogP contribution in [-0.2, 0) is 6.54 Å². The Kier molecular flexibility index (Phi) is 9.92. The quantitative estimate of drug-likeness (QED) is 0.437. The summed E-state index contributed by atoms with van der Waals surface area (Å²) in [5.74, 6) is 0.903. The van der Waals surface area contributed by atoms with Gasteiger partial charge in [-0.1, -0.05) is 31.5 Å². The van der Waals surface area contributed by atoms with Crippen LogP contribution in [0, 0.1) is 11.7 Å². The van der Waals surface area contributed by atoms with Crippen molar-refractivity contribution in [2.24, 2.45) is 10.9 Å². The van der Waals surface area contributed by atoms with E-state index in [0.29, 0.717) is 12.5 Å². The highest BCUT2D eigenvalue weighted by Gasteiger charge is 2.02. The van der Waals surface area contributed by atoms with E-state index in [0.717, 1.165) is 24.6 Å². The standard InChI is InChI=1S/C14H21ClFN3.HI/c1-4-17-14(18-8-10(2)3)19-9-11-5-6-13(16)12(15)7-11;/h5-7,10H,4,8-9H2,1-3H3,(H2,17,18,19);1H. The molecule has 0 heterocycles. The highest BCUT2D eigenvalue weighted by atomic mass is 127. The van der Waals surface area contributed by atoms with Crippen LogP contribution in [0.15, 0.2) is 23.2 Å². The first-order chi connectivity index (χ1) is 9.02. The Labute approximate surface area is 142 Å². The maximum atomic E-state index is 13.0. The lowest BCUT2D eigenvalue weighted by atomic mass is 10.2. The smallest absolute Gasteiger partial charge is 0.191 e. The van der Waals surface area contributed by atoms with Gasteiger partial charge in [0, 0.05) is 13.1 Å². The molecule has 0 radical (unpaired) electrons. The van der Waals surface area contributed by atoms with Crippen molar-refractivity contribution in [3.63, 3.8) is 0 Å². The van der Waals surface area contributed by atoms with Crippen LogP contribution in [-0.4, -0.2) is 19.0 Å². The zero-order valence-electron chi connectivity index (χ0n) is 12.0. The van der Waals surface area contributed by atoms with Crippen LogP contribution in [0.3, 0.4) is 0 Å². The van der Waals surface area contributed by atoms with Crippen molar-refractivity contribution in [2.75, 3.05) is 13.1 Å². The van der Waals surface area contributed by atoms with E-state index in [2.05, 4.69) is 29.5 Å². The van der Waals surface area contributed by atoms with Gasteiger partial charge >= 0.3 is 0 Å². The topological polar surface area (TPSA) is 36.4 Å². The molecule has 2 N–H and O–H groups in total. The molecule has 114 valence electrons. The second-order valence-corrected chi connectivity index (χ2v) is 5.13. The van der Waals surface area contributed by atoms with Crippen LogP contribution >= 0.6 is 35.6 Å². The van der Waals surface area contributed by atoms with Crippen LogP contribution in [0.5, 0.6) is 0 Å². The summed E-state index contributed by atoms with van der Waals surface area (Å²) in [6.07, 6.45) is 0. The predicted molar refractivity (Wildman–Crippen MR) is 94.5 cm³/mol. The fourth-order valence-electron chi connectivity index (χ4n) is 1.45. The molecule has 0 aliphatic heterocycles. The van der Waals surface area contributed by atoms with Gasteiger partial charge in [-0.2, -0.15) is 0 Å². The van der Waals surface area contributed by atoms with E-state index in [1.165, 1.54) is 6.07 Å². The molecule has 0 spiro atoms. The summed E-state index contributed by atoms with van der Waals surface area (Å²) in [4.78, 5) is 4.44. The summed E-state index contributed by atoms with van der Waals surface area (Å²) in [6, 6.07) is 4.66. The molecule has 3 nitrogen and oxygen atoms in total. The fraction of sp³-hybridized carbons (Fsp3) is 0.500. The van der Waals surface area contributed by atoms with Crippen LogP contribution < -0.4 is 10.6 Å². The number of benzene rings is 1.